The Morgan fingerprint density at radius 1 is 1.17 bits per heavy atom. The van der Waals surface area contributed by atoms with Crippen LogP contribution in [0.4, 0.5) is 0 Å². The maximum Gasteiger partial charge on any atom is 0.257 e. The van der Waals surface area contributed by atoms with E-state index in [2.05, 4.69) is 16.2 Å². The fraction of sp³-hybridized carbons (Fsp3) is 0.545. The highest BCUT2D eigenvalue weighted by molar-refractivity contribution is 5.97. The van der Waals surface area contributed by atoms with Gasteiger partial charge >= 0.3 is 0 Å². The van der Waals surface area contributed by atoms with Crippen molar-refractivity contribution in [1.29, 1.82) is 0 Å². The molecule has 0 atom stereocenters. The molecule has 2 aliphatic heterocycles. The molecule has 156 valence electrons. The van der Waals surface area contributed by atoms with Gasteiger partial charge in [0.25, 0.3) is 5.91 Å². The molecule has 2 fully saturated rings. The summed E-state index contributed by atoms with van der Waals surface area (Å²) >= 11 is 0. The van der Waals surface area contributed by atoms with Gasteiger partial charge in [-0.1, -0.05) is 0 Å². The van der Waals surface area contributed by atoms with Gasteiger partial charge in [0.1, 0.15) is 17.6 Å². The first-order chi connectivity index (χ1) is 14.1. The summed E-state index contributed by atoms with van der Waals surface area (Å²) in [6, 6.07) is 5.53. The van der Waals surface area contributed by atoms with Gasteiger partial charge in [0.2, 0.25) is 0 Å². The molecule has 3 heterocycles. The van der Waals surface area contributed by atoms with E-state index >= 15 is 0 Å². The lowest BCUT2D eigenvalue weighted by Gasteiger charge is -2.32. The van der Waals surface area contributed by atoms with Gasteiger partial charge < -0.3 is 14.4 Å². The number of benzene rings is 1. The van der Waals surface area contributed by atoms with Gasteiger partial charge in [0, 0.05) is 57.6 Å². The van der Waals surface area contributed by atoms with Crippen molar-refractivity contribution in [2.24, 2.45) is 7.05 Å². The molecule has 0 aliphatic carbocycles. The van der Waals surface area contributed by atoms with Crippen LogP contribution in [0.5, 0.6) is 11.5 Å². The minimum atomic E-state index is 0.0640. The molecule has 7 heteroatoms. The molecule has 2 aliphatic rings. The number of aryl methyl sites for hydroxylation is 1. The van der Waals surface area contributed by atoms with Crippen molar-refractivity contribution in [2.75, 3.05) is 33.3 Å². The van der Waals surface area contributed by atoms with Crippen LogP contribution in [-0.4, -0.2) is 64.9 Å². The lowest BCUT2D eigenvalue weighted by Crippen LogP contribution is -2.38. The van der Waals surface area contributed by atoms with Gasteiger partial charge in [-0.15, -0.1) is 0 Å². The van der Waals surface area contributed by atoms with Crippen molar-refractivity contribution in [1.82, 2.24) is 19.6 Å². The van der Waals surface area contributed by atoms with Crippen molar-refractivity contribution in [3.05, 3.63) is 41.7 Å². The summed E-state index contributed by atoms with van der Waals surface area (Å²) < 4.78 is 13.6. The molecule has 0 bridgehead atoms. The zero-order chi connectivity index (χ0) is 20.2. The summed E-state index contributed by atoms with van der Waals surface area (Å²) in [7, 11) is 3.58. The van der Waals surface area contributed by atoms with Crippen LogP contribution in [0.25, 0.3) is 0 Å². The Hall–Kier alpha value is -2.54. The fourth-order valence-electron chi connectivity index (χ4n) is 4.17. The molecule has 1 amide bonds. The summed E-state index contributed by atoms with van der Waals surface area (Å²) in [5.41, 5.74) is 1.88. The van der Waals surface area contributed by atoms with Gasteiger partial charge in [-0.25, -0.2) is 0 Å². The lowest BCUT2D eigenvalue weighted by atomic mass is 10.1. The Bertz CT molecular complexity index is 836. The van der Waals surface area contributed by atoms with E-state index in [0.717, 1.165) is 58.4 Å². The highest BCUT2D eigenvalue weighted by atomic mass is 16.5. The summed E-state index contributed by atoms with van der Waals surface area (Å²) in [5, 5.41) is 4.25. The fourth-order valence-corrected chi connectivity index (χ4v) is 4.17. The molecule has 2 saturated heterocycles. The topological polar surface area (TPSA) is 59.8 Å². The second-order valence-electron chi connectivity index (χ2n) is 7.98. The predicted octanol–water partition coefficient (Wildman–Crippen LogP) is 2.71. The van der Waals surface area contributed by atoms with Crippen LogP contribution in [0.15, 0.2) is 30.6 Å². The number of hydrogen-bond donors (Lipinski definition) is 0. The number of hydrogen-bond acceptors (Lipinski definition) is 5. The third-order valence-corrected chi connectivity index (χ3v) is 5.81. The molecule has 7 nitrogen and oxygen atoms in total. The monoisotopic (exact) mass is 398 g/mol. The molecule has 0 N–H and O–H groups in total. The second-order valence-corrected chi connectivity index (χ2v) is 7.98. The Morgan fingerprint density at radius 3 is 2.59 bits per heavy atom. The van der Waals surface area contributed by atoms with Crippen molar-refractivity contribution < 1.29 is 14.3 Å². The average molecular weight is 399 g/mol. The van der Waals surface area contributed by atoms with E-state index in [1.54, 1.807) is 7.11 Å². The van der Waals surface area contributed by atoms with Gasteiger partial charge in [-0.05, 0) is 37.8 Å². The van der Waals surface area contributed by atoms with E-state index in [4.69, 9.17) is 9.47 Å². The number of nitrogens with zero attached hydrogens (tertiary/aromatic N) is 4. The van der Waals surface area contributed by atoms with Gasteiger partial charge in [-0.2, -0.15) is 5.10 Å². The first kappa shape index (κ1) is 19.8. The standard InChI is InChI=1S/C22H30N4O3/c1-24-15-17(14-23-24)16-25-11-7-18(8-12-25)29-21-13-19(28-2)5-6-20(21)22(27)26-9-3-4-10-26/h5-6,13-15,18H,3-4,7-12,16H2,1-2H3. The molecule has 1 aromatic carbocycles. The quantitative estimate of drug-likeness (QED) is 0.749. The van der Waals surface area contributed by atoms with Crippen molar-refractivity contribution in [3.63, 3.8) is 0 Å². The number of piperidine rings is 1. The third-order valence-electron chi connectivity index (χ3n) is 5.81. The van der Waals surface area contributed by atoms with Gasteiger partial charge in [-0.3, -0.25) is 14.4 Å². The number of methoxy groups -OCH3 is 1. The molecular formula is C22H30N4O3. The highest BCUT2D eigenvalue weighted by Gasteiger charge is 2.26. The zero-order valence-corrected chi connectivity index (χ0v) is 17.3. The Labute approximate surface area is 172 Å². The predicted molar refractivity (Wildman–Crippen MR) is 110 cm³/mol. The number of carbonyl (C=O) groups is 1. The van der Waals surface area contributed by atoms with Crippen LogP contribution in [0.2, 0.25) is 0 Å². The van der Waals surface area contributed by atoms with Crippen LogP contribution >= 0.6 is 0 Å². The van der Waals surface area contributed by atoms with Crippen LogP contribution in [0.1, 0.15) is 41.6 Å². The number of rotatable bonds is 6. The molecule has 0 saturated carbocycles. The third kappa shape index (κ3) is 4.72. The smallest absolute Gasteiger partial charge is 0.257 e. The molecule has 4 rings (SSSR count). The van der Waals surface area contributed by atoms with E-state index in [1.807, 2.05) is 41.0 Å². The first-order valence-electron chi connectivity index (χ1n) is 10.5. The highest BCUT2D eigenvalue weighted by Crippen LogP contribution is 2.30. The minimum Gasteiger partial charge on any atom is -0.497 e. The first-order valence-corrected chi connectivity index (χ1v) is 10.5. The molecule has 2 aromatic rings. The van der Waals surface area contributed by atoms with E-state index < -0.39 is 0 Å². The number of aromatic nitrogens is 2. The Morgan fingerprint density at radius 2 is 1.93 bits per heavy atom. The van der Waals surface area contributed by atoms with Crippen LogP contribution in [0.3, 0.4) is 0 Å². The van der Waals surface area contributed by atoms with E-state index in [9.17, 15) is 4.79 Å². The van der Waals surface area contributed by atoms with E-state index in [-0.39, 0.29) is 12.0 Å². The molecule has 0 unspecified atom stereocenters. The summed E-state index contributed by atoms with van der Waals surface area (Å²) in [5.74, 6) is 1.42. The largest absolute Gasteiger partial charge is 0.497 e. The maximum atomic E-state index is 13.0. The zero-order valence-electron chi connectivity index (χ0n) is 17.3. The molecule has 0 radical (unpaired) electrons. The molecule has 0 spiro atoms. The van der Waals surface area contributed by atoms with Crippen LogP contribution < -0.4 is 9.47 Å². The van der Waals surface area contributed by atoms with Crippen LogP contribution in [0, 0.1) is 0 Å². The summed E-state index contributed by atoms with van der Waals surface area (Å²) in [4.78, 5) is 17.3. The van der Waals surface area contributed by atoms with Crippen molar-refractivity contribution >= 4 is 5.91 Å². The SMILES string of the molecule is COc1ccc(C(=O)N2CCCC2)c(OC2CCN(Cc3cnn(C)c3)CC2)c1. The minimum absolute atomic E-state index is 0.0640. The second kappa shape index (κ2) is 8.86. The van der Waals surface area contributed by atoms with Crippen LogP contribution in [-0.2, 0) is 13.6 Å². The Balaban J connectivity index is 1.40. The number of amides is 1. The lowest BCUT2D eigenvalue weighted by molar-refractivity contribution is 0.0764. The van der Waals surface area contributed by atoms with Crippen molar-refractivity contribution in [3.8, 4) is 11.5 Å². The maximum absolute atomic E-state index is 13.0. The molecule has 1 aromatic heterocycles. The Kier molecular flexibility index (Phi) is 6.04. The van der Waals surface area contributed by atoms with Crippen molar-refractivity contribution in [2.45, 2.75) is 38.3 Å². The van der Waals surface area contributed by atoms with E-state index in [0.29, 0.717) is 17.1 Å². The van der Waals surface area contributed by atoms with E-state index in [1.165, 1.54) is 5.56 Å². The number of ether oxygens (including phenoxy) is 2. The van der Waals surface area contributed by atoms with Gasteiger partial charge in [0.05, 0.1) is 18.9 Å². The van der Waals surface area contributed by atoms with Gasteiger partial charge in [0.15, 0.2) is 0 Å². The average Bonchev–Trinajstić information content (AvgIpc) is 3.41. The normalized spacial score (nSPS) is 18.2. The molecular weight excluding hydrogens is 368 g/mol. The summed E-state index contributed by atoms with van der Waals surface area (Å²) in [6.45, 7) is 4.52. The molecule has 29 heavy (non-hydrogen) atoms. The number of carbonyl (C=O) groups excluding carboxylic acids is 1. The summed E-state index contributed by atoms with van der Waals surface area (Å²) in [6.07, 6.45) is 8.13. The number of likely N-dealkylation sites (tertiary alicyclic amines) is 2.